The molecule has 0 atom stereocenters. The zero-order valence-electron chi connectivity index (χ0n) is 14.2. The van der Waals surface area contributed by atoms with E-state index in [1.54, 1.807) is 17.0 Å². The average Bonchev–Trinajstić information content (AvgIpc) is 2.98. The third kappa shape index (κ3) is 2.99. The smallest absolute Gasteiger partial charge is 0.322 e. The van der Waals surface area contributed by atoms with Crippen LogP contribution in [-0.4, -0.2) is 28.1 Å². The summed E-state index contributed by atoms with van der Waals surface area (Å²) in [5.41, 5.74) is 1.35. The van der Waals surface area contributed by atoms with E-state index in [1.165, 1.54) is 18.5 Å². The predicted molar refractivity (Wildman–Crippen MR) is 93.0 cm³/mol. The Labute approximate surface area is 150 Å². The number of hydrogen-bond acceptors (Lipinski definition) is 4. The van der Waals surface area contributed by atoms with Gasteiger partial charge in [-0.3, -0.25) is 4.90 Å². The molecule has 1 aromatic heterocycles. The Morgan fingerprint density at radius 3 is 2.65 bits per heavy atom. The Bertz CT molecular complexity index is 868. The Kier molecular flexibility index (Phi) is 4.03. The number of nitriles is 1. The maximum absolute atomic E-state index is 13.5. The van der Waals surface area contributed by atoms with Gasteiger partial charge in [-0.05, 0) is 49.3 Å². The highest BCUT2D eigenvalue weighted by Gasteiger charge is 2.45. The Hall–Kier alpha value is -3.01. The lowest BCUT2D eigenvalue weighted by Crippen LogP contribution is -2.46. The maximum Gasteiger partial charge on any atom is 0.322 e. The number of halogens is 1. The summed E-state index contributed by atoms with van der Waals surface area (Å²) in [6, 6.07) is 8.49. The summed E-state index contributed by atoms with van der Waals surface area (Å²) >= 11 is 0. The minimum atomic E-state index is -0.269. The van der Waals surface area contributed by atoms with Gasteiger partial charge in [0.2, 0.25) is 5.82 Å². The molecule has 2 fully saturated rings. The van der Waals surface area contributed by atoms with Crippen LogP contribution in [0.25, 0.3) is 0 Å². The number of urea groups is 1. The van der Waals surface area contributed by atoms with Crippen LogP contribution >= 0.6 is 0 Å². The molecular formula is C19H18FN5O. The normalized spacial score (nSPS) is 25.2. The van der Waals surface area contributed by atoms with Gasteiger partial charge in [-0.2, -0.15) is 5.26 Å². The Morgan fingerprint density at radius 2 is 2.00 bits per heavy atom. The third-order valence-corrected chi connectivity index (χ3v) is 5.39. The lowest BCUT2D eigenvalue weighted by molar-refractivity contribution is 0.231. The van der Waals surface area contributed by atoms with Crippen LogP contribution < -0.4 is 10.2 Å². The number of carbonyl (C=O) groups excluding carboxylic acids is 1. The monoisotopic (exact) mass is 351 g/mol. The summed E-state index contributed by atoms with van der Waals surface area (Å²) in [6.07, 6.45) is 6.50. The minimum absolute atomic E-state index is 0.0821. The van der Waals surface area contributed by atoms with Gasteiger partial charge >= 0.3 is 6.03 Å². The number of nitrogens with zero attached hydrogens (tertiary/aromatic N) is 4. The van der Waals surface area contributed by atoms with E-state index in [0.717, 1.165) is 31.2 Å². The fraction of sp³-hybridized carbons (Fsp3) is 0.368. The van der Waals surface area contributed by atoms with Crippen LogP contribution in [0.5, 0.6) is 0 Å². The molecule has 2 heterocycles. The molecule has 1 saturated heterocycles. The van der Waals surface area contributed by atoms with E-state index in [-0.39, 0.29) is 23.2 Å². The van der Waals surface area contributed by atoms with Crippen molar-refractivity contribution >= 4 is 11.7 Å². The number of amides is 2. The van der Waals surface area contributed by atoms with E-state index in [4.69, 9.17) is 5.26 Å². The topological polar surface area (TPSA) is 81.9 Å². The molecule has 7 heteroatoms. The van der Waals surface area contributed by atoms with E-state index in [2.05, 4.69) is 15.3 Å². The fourth-order valence-electron chi connectivity index (χ4n) is 3.98. The fourth-order valence-corrected chi connectivity index (χ4v) is 3.98. The number of nitrogens with one attached hydrogen (secondary N) is 1. The van der Waals surface area contributed by atoms with Gasteiger partial charge in [0, 0.05) is 0 Å². The second-order valence-electron chi connectivity index (χ2n) is 7.00. The van der Waals surface area contributed by atoms with Crippen LogP contribution in [0.3, 0.4) is 0 Å². The van der Waals surface area contributed by atoms with Crippen LogP contribution in [0.1, 0.15) is 43.0 Å². The number of anilines is 1. The van der Waals surface area contributed by atoms with Gasteiger partial charge < -0.3 is 5.32 Å². The van der Waals surface area contributed by atoms with E-state index in [1.807, 2.05) is 12.1 Å². The van der Waals surface area contributed by atoms with Crippen LogP contribution in [0.15, 0.2) is 36.7 Å². The van der Waals surface area contributed by atoms with Crippen LogP contribution in [0.2, 0.25) is 0 Å². The van der Waals surface area contributed by atoms with E-state index in [0.29, 0.717) is 18.2 Å². The number of rotatable bonds is 2. The summed E-state index contributed by atoms with van der Waals surface area (Å²) in [6.45, 7) is 0.553. The molecule has 26 heavy (non-hydrogen) atoms. The van der Waals surface area contributed by atoms with Gasteiger partial charge in [0.25, 0.3) is 0 Å². The molecule has 4 rings (SSSR count). The number of benzene rings is 1. The van der Waals surface area contributed by atoms with Crippen molar-refractivity contribution in [1.82, 2.24) is 15.3 Å². The zero-order valence-corrected chi connectivity index (χ0v) is 14.2. The molecule has 6 nitrogen and oxygen atoms in total. The first-order valence-corrected chi connectivity index (χ1v) is 8.66. The highest BCUT2D eigenvalue weighted by molar-refractivity contribution is 5.95. The van der Waals surface area contributed by atoms with Gasteiger partial charge in [-0.1, -0.05) is 12.1 Å². The molecule has 132 valence electrons. The molecule has 1 aliphatic heterocycles. The summed E-state index contributed by atoms with van der Waals surface area (Å²) in [5.74, 6) is 0.197. The van der Waals surface area contributed by atoms with E-state index < -0.39 is 0 Å². The summed E-state index contributed by atoms with van der Waals surface area (Å²) < 4.78 is 13.5. The van der Waals surface area contributed by atoms with Crippen LogP contribution in [0.4, 0.5) is 14.9 Å². The van der Waals surface area contributed by atoms with Crippen LogP contribution in [-0.2, 0) is 0 Å². The standard InChI is InChI=1S/C19H18FN5O/c20-15-3-1-2-14(8-15)13-4-6-19(7-5-13)12-25(18(26)24-19)16-10-22-17(9-21)23-11-16/h1-3,8,10-11,13H,4-7,12H2,(H,24,26). The van der Waals surface area contributed by atoms with E-state index >= 15 is 0 Å². The van der Waals surface area contributed by atoms with Crippen molar-refractivity contribution in [2.45, 2.75) is 37.1 Å². The molecule has 1 saturated carbocycles. The third-order valence-electron chi connectivity index (χ3n) is 5.39. The number of aromatic nitrogens is 2. The predicted octanol–water partition coefficient (Wildman–Crippen LogP) is 3.11. The molecule has 0 bridgehead atoms. The molecule has 2 aliphatic rings. The molecule has 1 N–H and O–H groups in total. The summed E-state index contributed by atoms with van der Waals surface area (Å²) in [5, 5.41) is 11.9. The van der Waals surface area contributed by atoms with Crippen molar-refractivity contribution in [3.8, 4) is 6.07 Å². The van der Waals surface area contributed by atoms with Gasteiger partial charge in [-0.25, -0.2) is 19.2 Å². The molecule has 0 radical (unpaired) electrons. The highest BCUT2D eigenvalue weighted by atomic mass is 19.1. The average molecular weight is 351 g/mol. The second-order valence-corrected chi connectivity index (χ2v) is 7.00. The van der Waals surface area contributed by atoms with Gasteiger partial charge in [-0.15, -0.1) is 0 Å². The van der Waals surface area contributed by atoms with Gasteiger partial charge in [0.15, 0.2) is 0 Å². The largest absolute Gasteiger partial charge is 0.330 e. The minimum Gasteiger partial charge on any atom is -0.330 e. The van der Waals surface area contributed by atoms with Crippen molar-refractivity contribution in [2.24, 2.45) is 0 Å². The maximum atomic E-state index is 13.5. The van der Waals surface area contributed by atoms with Crippen molar-refractivity contribution in [3.63, 3.8) is 0 Å². The molecular weight excluding hydrogens is 333 g/mol. The molecule has 2 aromatic rings. The first-order valence-electron chi connectivity index (χ1n) is 8.66. The lowest BCUT2D eigenvalue weighted by Gasteiger charge is -2.36. The van der Waals surface area contributed by atoms with E-state index in [9.17, 15) is 9.18 Å². The van der Waals surface area contributed by atoms with Gasteiger partial charge in [0.1, 0.15) is 11.9 Å². The SMILES string of the molecule is N#Cc1ncc(N2CC3(CCC(c4cccc(F)c4)CC3)NC2=O)cn1. The number of hydrogen-bond donors (Lipinski definition) is 1. The Balaban J connectivity index is 1.46. The number of carbonyl (C=O) groups is 1. The van der Waals surface area contributed by atoms with Crippen LogP contribution in [0, 0.1) is 17.1 Å². The Morgan fingerprint density at radius 1 is 1.27 bits per heavy atom. The molecule has 1 aliphatic carbocycles. The van der Waals surface area contributed by atoms with Crippen molar-refractivity contribution in [3.05, 3.63) is 53.9 Å². The first-order chi connectivity index (χ1) is 12.6. The highest BCUT2D eigenvalue weighted by Crippen LogP contribution is 2.41. The lowest BCUT2D eigenvalue weighted by atomic mass is 9.74. The first kappa shape index (κ1) is 16.5. The zero-order chi connectivity index (χ0) is 18.1. The van der Waals surface area contributed by atoms with Crippen molar-refractivity contribution in [2.75, 3.05) is 11.4 Å². The molecule has 0 unspecified atom stereocenters. The quantitative estimate of drug-likeness (QED) is 0.901. The van der Waals surface area contributed by atoms with Crippen molar-refractivity contribution in [1.29, 1.82) is 5.26 Å². The molecule has 2 amide bonds. The summed E-state index contributed by atoms with van der Waals surface area (Å²) in [7, 11) is 0. The molecule has 1 spiro atoms. The second kappa shape index (κ2) is 6.37. The van der Waals surface area contributed by atoms with Gasteiger partial charge in [0.05, 0.1) is 30.2 Å². The summed E-state index contributed by atoms with van der Waals surface area (Å²) in [4.78, 5) is 22.0. The van der Waals surface area contributed by atoms with Crippen molar-refractivity contribution < 1.29 is 9.18 Å². The molecule has 1 aromatic carbocycles.